The average Bonchev–Trinajstić information content (AvgIpc) is 2.55. The first kappa shape index (κ1) is 12.0. The summed E-state index contributed by atoms with van der Waals surface area (Å²) in [6.45, 7) is 1.12. The van der Waals surface area contributed by atoms with Crippen molar-refractivity contribution in [2.75, 3.05) is 11.4 Å². The molecule has 4 amide bonds. The summed E-state index contributed by atoms with van der Waals surface area (Å²) in [6, 6.07) is 6.63. The molecule has 1 aromatic carbocycles. The molecule has 0 saturated carbocycles. The predicted molar refractivity (Wildman–Crippen MR) is 69.4 cm³/mol. The molecule has 1 fully saturated rings. The summed E-state index contributed by atoms with van der Waals surface area (Å²) in [7, 11) is 0. The lowest BCUT2D eigenvalue weighted by Gasteiger charge is -2.16. The Balaban J connectivity index is 2.38. The molecule has 0 N–H and O–H groups in total. The monoisotopic (exact) mass is 344 g/mol. The van der Waals surface area contributed by atoms with Crippen molar-refractivity contribution in [2.45, 2.75) is 6.92 Å². The van der Waals surface area contributed by atoms with Gasteiger partial charge in [-0.1, -0.05) is 12.1 Å². The molecule has 2 rings (SSSR count). The first-order chi connectivity index (χ1) is 8.02. The van der Waals surface area contributed by atoms with Crippen LogP contribution in [0.5, 0.6) is 0 Å². The quantitative estimate of drug-likeness (QED) is 0.575. The minimum Gasteiger partial charge on any atom is -0.283 e. The van der Waals surface area contributed by atoms with Crippen LogP contribution in [0.1, 0.15) is 6.92 Å². The second-order valence-corrected chi connectivity index (χ2v) is 4.73. The van der Waals surface area contributed by atoms with Crippen LogP contribution in [0.4, 0.5) is 10.5 Å². The van der Waals surface area contributed by atoms with Gasteiger partial charge in [-0.25, -0.2) is 4.79 Å². The van der Waals surface area contributed by atoms with Crippen LogP contribution in [0.25, 0.3) is 0 Å². The standard InChI is InChI=1S/C11H9IN2O3/c1-7(15)14-10(16)6-13(11(14)17)9-5-3-2-4-8(9)12/h2-5H,6H2,1H3. The summed E-state index contributed by atoms with van der Waals surface area (Å²) < 4.78 is 0.858. The Morgan fingerprint density at radius 1 is 1.29 bits per heavy atom. The zero-order valence-corrected chi connectivity index (χ0v) is 11.2. The van der Waals surface area contributed by atoms with Gasteiger partial charge in [0.1, 0.15) is 6.54 Å². The zero-order valence-electron chi connectivity index (χ0n) is 9.01. The lowest BCUT2D eigenvalue weighted by molar-refractivity contribution is -0.136. The Morgan fingerprint density at radius 3 is 2.47 bits per heavy atom. The molecule has 1 aromatic rings. The molecular formula is C11H9IN2O3. The first-order valence-corrected chi connectivity index (χ1v) is 6.00. The second kappa shape index (κ2) is 4.44. The number of benzene rings is 1. The predicted octanol–water partition coefficient (Wildman–Crippen LogP) is 1.61. The van der Waals surface area contributed by atoms with E-state index in [1.54, 1.807) is 12.1 Å². The molecule has 0 spiro atoms. The van der Waals surface area contributed by atoms with Crippen LogP contribution in [0, 0.1) is 3.57 Å². The summed E-state index contributed by atoms with van der Waals surface area (Å²) in [5.74, 6) is -1.03. The SMILES string of the molecule is CC(=O)N1C(=O)CN(c2ccccc2I)C1=O. The van der Waals surface area contributed by atoms with Gasteiger partial charge in [0.25, 0.3) is 5.91 Å². The fraction of sp³-hybridized carbons (Fsp3) is 0.182. The van der Waals surface area contributed by atoms with E-state index in [1.807, 2.05) is 12.1 Å². The first-order valence-electron chi connectivity index (χ1n) is 4.92. The minimum atomic E-state index is -0.577. The molecule has 6 heteroatoms. The number of amides is 4. The van der Waals surface area contributed by atoms with Crippen LogP contribution < -0.4 is 4.90 Å². The van der Waals surface area contributed by atoms with Crippen LogP contribution in [-0.2, 0) is 9.59 Å². The van der Waals surface area contributed by atoms with Crippen molar-refractivity contribution in [1.29, 1.82) is 0 Å². The van der Waals surface area contributed by atoms with Crippen molar-refractivity contribution in [3.05, 3.63) is 27.8 Å². The molecule has 1 heterocycles. The lowest BCUT2D eigenvalue weighted by Crippen LogP contribution is -2.36. The van der Waals surface area contributed by atoms with E-state index in [0.717, 1.165) is 3.57 Å². The van der Waals surface area contributed by atoms with Gasteiger partial charge in [0.2, 0.25) is 5.91 Å². The summed E-state index contributed by atoms with van der Waals surface area (Å²) in [5.41, 5.74) is 0.648. The van der Waals surface area contributed by atoms with Crippen LogP contribution in [0.3, 0.4) is 0 Å². The van der Waals surface area contributed by atoms with Crippen molar-refractivity contribution in [3.63, 3.8) is 0 Å². The molecule has 17 heavy (non-hydrogen) atoms. The number of carbonyl (C=O) groups excluding carboxylic acids is 3. The van der Waals surface area contributed by atoms with Gasteiger partial charge in [-0.3, -0.25) is 14.5 Å². The third-order valence-corrected chi connectivity index (χ3v) is 3.34. The van der Waals surface area contributed by atoms with Gasteiger partial charge in [0.05, 0.1) is 5.69 Å². The molecule has 88 valence electrons. The van der Waals surface area contributed by atoms with Crippen LogP contribution in [0.2, 0.25) is 0 Å². The van der Waals surface area contributed by atoms with E-state index >= 15 is 0 Å². The molecule has 0 aliphatic carbocycles. The normalized spacial score (nSPS) is 15.6. The summed E-state index contributed by atoms with van der Waals surface area (Å²) in [6.07, 6.45) is 0. The number of halogens is 1. The number of para-hydroxylation sites is 1. The molecular weight excluding hydrogens is 335 g/mol. The maximum absolute atomic E-state index is 11.9. The Hall–Kier alpha value is -1.44. The van der Waals surface area contributed by atoms with E-state index in [1.165, 1.54) is 11.8 Å². The Bertz CT molecular complexity index is 515. The van der Waals surface area contributed by atoms with E-state index < -0.39 is 17.8 Å². The molecule has 1 aliphatic rings. The van der Waals surface area contributed by atoms with Gasteiger partial charge in [0.15, 0.2) is 0 Å². The third kappa shape index (κ3) is 2.04. The fourth-order valence-electron chi connectivity index (χ4n) is 1.67. The molecule has 1 saturated heterocycles. The molecule has 0 aromatic heterocycles. The highest BCUT2D eigenvalue weighted by Gasteiger charge is 2.39. The number of carbonyl (C=O) groups is 3. The lowest BCUT2D eigenvalue weighted by atomic mass is 10.3. The largest absolute Gasteiger partial charge is 0.338 e. The number of rotatable bonds is 1. The van der Waals surface area contributed by atoms with Gasteiger partial charge < -0.3 is 0 Å². The maximum Gasteiger partial charge on any atom is 0.338 e. The average molecular weight is 344 g/mol. The van der Waals surface area contributed by atoms with Gasteiger partial charge in [-0.2, -0.15) is 4.90 Å². The van der Waals surface area contributed by atoms with Crippen molar-refractivity contribution in [2.24, 2.45) is 0 Å². The van der Waals surface area contributed by atoms with Gasteiger partial charge in [-0.05, 0) is 34.7 Å². The van der Waals surface area contributed by atoms with Crippen molar-refractivity contribution in [1.82, 2.24) is 4.90 Å². The number of urea groups is 1. The van der Waals surface area contributed by atoms with E-state index in [9.17, 15) is 14.4 Å². The Kier molecular flexibility index (Phi) is 3.14. The van der Waals surface area contributed by atoms with Crippen molar-refractivity contribution < 1.29 is 14.4 Å². The van der Waals surface area contributed by atoms with Crippen LogP contribution in [-0.4, -0.2) is 29.3 Å². The molecule has 5 nitrogen and oxygen atoms in total. The number of hydrogen-bond donors (Lipinski definition) is 0. The number of anilines is 1. The molecule has 0 atom stereocenters. The molecule has 0 unspecified atom stereocenters. The Labute approximate surface area is 112 Å². The Morgan fingerprint density at radius 2 is 1.94 bits per heavy atom. The second-order valence-electron chi connectivity index (χ2n) is 3.57. The smallest absolute Gasteiger partial charge is 0.283 e. The minimum absolute atomic E-state index is 0.0849. The highest BCUT2D eigenvalue weighted by atomic mass is 127. The van der Waals surface area contributed by atoms with Crippen LogP contribution >= 0.6 is 22.6 Å². The van der Waals surface area contributed by atoms with Crippen molar-refractivity contribution in [3.8, 4) is 0 Å². The maximum atomic E-state index is 11.9. The van der Waals surface area contributed by atoms with E-state index in [2.05, 4.69) is 22.6 Å². The van der Waals surface area contributed by atoms with E-state index in [-0.39, 0.29) is 6.54 Å². The highest BCUT2D eigenvalue weighted by molar-refractivity contribution is 14.1. The summed E-state index contributed by atoms with van der Waals surface area (Å²) in [5, 5.41) is 0. The topological polar surface area (TPSA) is 57.7 Å². The van der Waals surface area contributed by atoms with E-state index in [4.69, 9.17) is 0 Å². The number of imide groups is 3. The molecule has 0 radical (unpaired) electrons. The number of hydrogen-bond acceptors (Lipinski definition) is 3. The van der Waals surface area contributed by atoms with Gasteiger partial charge in [0, 0.05) is 10.5 Å². The number of nitrogens with zero attached hydrogens (tertiary/aromatic N) is 2. The summed E-state index contributed by atoms with van der Waals surface area (Å²) >= 11 is 2.08. The van der Waals surface area contributed by atoms with Crippen LogP contribution in [0.15, 0.2) is 24.3 Å². The van der Waals surface area contributed by atoms with Gasteiger partial charge >= 0.3 is 6.03 Å². The van der Waals surface area contributed by atoms with E-state index in [0.29, 0.717) is 10.6 Å². The zero-order chi connectivity index (χ0) is 12.6. The summed E-state index contributed by atoms with van der Waals surface area (Å²) in [4.78, 5) is 36.6. The molecule has 0 bridgehead atoms. The molecule has 1 aliphatic heterocycles. The highest BCUT2D eigenvalue weighted by Crippen LogP contribution is 2.26. The fourth-order valence-corrected chi connectivity index (χ4v) is 2.35. The van der Waals surface area contributed by atoms with Gasteiger partial charge in [-0.15, -0.1) is 0 Å². The third-order valence-electron chi connectivity index (χ3n) is 2.42. The van der Waals surface area contributed by atoms with Crippen molar-refractivity contribution >= 4 is 46.1 Å².